The van der Waals surface area contributed by atoms with Gasteiger partial charge in [0.05, 0.1) is 11.6 Å². The lowest BCUT2D eigenvalue weighted by Gasteiger charge is -2.26. The van der Waals surface area contributed by atoms with Crippen molar-refractivity contribution in [3.8, 4) is 0 Å². The Hall–Kier alpha value is -2.21. The molecule has 2 aliphatic heterocycles. The number of amides is 1. The Morgan fingerprint density at radius 3 is 3.04 bits per heavy atom. The molecule has 2 saturated heterocycles. The molecule has 6 heteroatoms. The molecule has 2 aromatic rings. The van der Waals surface area contributed by atoms with E-state index in [1.165, 1.54) is 0 Å². The number of rotatable bonds is 4. The molecule has 2 fully saturated rings. The number of fused-ring (bicyclic) bond motifs is 1. The molecule has 1 N–H and O–H groups in total. The van der Waals surface area contributed by atoms with Crippen LogP contribution in [0.5, 0.6) is 0 Å². The number of benzene rings is 1. The zero-order valence-electron chi connectivity index (χ0n) is 13.6. The van der Waals surface area contributed by atoms with E-state index in [0.717, 1.165) is 55.6 Å². The van der Waals surface area contributed by atoms with Crippen molar-refractivity contribution in [2.75, 3.05) is 24.6 Å². The predicted octanol–water partition coefficient (Wildman–Crippen LogP) is 1.89. The highest BCUT2D eigenvalue weighted by Crippen LogP contribution is 2.29. The Kier molecular flexibility index (Phi) is 4.30. The molecule has 6 nitrogen and oxygen atoms in total. The molecule has 4 rings (SSSR count). The van der Waals surface area contributed by atoms with Crippen molar-refractivity contribution in [3.63, 3.8) is 0 Å². The predicted molar refractivity (Wildman–Crippen MR) is 91.9 cm³/mol. The molecule has 0 bridgehead atoms. The highest BCUT2D eigenvalue weighted by molar-refractivity contribution is 5.93. The van der Waals surface area contributed by atoms with E-state index < -0.39 is 0 Å². The van der Waals surface area contributed by atoms with Gasteiger partial charge in [-0.05, 0) is 37.8 Å². The average Bonchev–Trinajstić information content (AvgIpc) is 3.31. The summed E-state index contributed by atoms with van der Waals surface area (Å²) >= 11 is 0. The molecule has 1 aromatic carbocycles. The summed E-state index contributed by atoms with van der Waals surface area (Å²) in [4.78, 5) is 23.6. The standard InChI is InChI=1S/C18H22N4O2/c23-18(19-11-13-5-4-10-24-13)16-8-3-9-22(16)17-14-6-1-2-7-15(14)20-12-21-17/h1-2,6-7,12-13,16H,3-5,8-11H2,(H,19,23). The second-order valence-electron chi connectivity index (χ2n) is 6.45. The van der Waals surface area contributed by atoms with Crippen molar-refractivity contribution >= 4 is 22.6 Å². The van der Waals surface area contributed by atoms with E-state index in [1.54, 1.807) is 6.33 Å². The number of hydrogen-bond acceptors (Lipinski definition) is 5. The minimum atomic E-state index is -0.162. The zero-order chi connectivity index (χ0) is 16.4. The molecular weight excluding hydrogens is 304 g/mol. The molecular formula is C18H22N4O2. The van der Waals surface area contributed by atoms with Crippen LogP contribution in [0.1, 0.15) is 25.7 Å². The number of aromatic nitrogens is 2. The maximum absolute atomic E-state index is 12.7. The molecule has 1 amide bonds. The van der Waals surface area contributed by atoms with E-state index in [2.05, 4.69) is 20.2 Å². The lowest BCUT2D eigenvalue weighted by molar-refractivity contribution is -0.122. The molecule has 3 heterocycles. The van der Waals surface area contributed by atoms with Crippen LogP contribution >= 0.6 is 0 Å². The number of carbonyl (C=O) groups excluding carboxylic acids is 1. The number of carbonyl (C=O) groups is 1. The SMILES string of the molecule is O=C(NCC1CCCO1)C1CCCN1c1ncnc2ccccc12. The van der Waals surface area contributed by atoms with E-state index in [0.29, 0.717) is 6.54 Å². The van der Waals surface area contributed by atoms with Gasteiger partial charge in [0.25, 0.3) is 0 Å². The molecule has 0 spiro atoms. The zero-order valence-corrected chi connectivity index (χ0v) is 13.6. The van der Waals surface area contributed by atoms with Crippen LogP contribution in [0.25, 0.3) is 10.9 Å². The quantitative estimate of drug-likeness (QED) is 0.929. The van der Waals surface area contributed by atoms with Crippen LogP contribution in [0.3, 0.4) is 0 Å². The fraction of sp³-hybridized carbons (Fsp3) is 0.500. The Bertz CT molecular complexity index is 725. The molecule has 0 saturated carbocycles. The van der Waals surface area contributed by atoms with Gasteiger partial charge in [0.1, 0.15) is 18.2 Å². The van der Waals surface area contributed by atoms with Gasteiger partial charge in [-0.25, -0.2) is 9.97 Å². The van der Waals surface area contributed by atoms with Crippen molar-refractivity contribution in [2.24, 2.45) is 0 Å². The number of ether oxygens (including phenoxy) is 1. The number of hydrogen-bond donors (Lipinski definition) is 1. The summed E-state index contributed by atoms with van der Waals surface area (Å²) in [6, 6.07) is 7.78. The summed E-state index contributed by atoms with van der Waals surface area (Å²) in [7, 11) is 0. The van der Waals surface area contributed by atoms with E-state index in [1.807, 2.05) is 24.3 Å². The maximum Gasteiger partial charge on any atom is 0.242 e. The van der Waals surface area contributed by atoms with Crippen molar-refractivity contribution < 1.29 is 9.53 Å². The monoisotopic (exact) mass is 326 g/mol. The van der Waals surface area contributed by atoms with Crippen LogP contribution in [0.4, 0.5) is 5.82 Å². The fourth-order valence-electron chi connectivity index (χ4n) is 3.65. The van der Waals surface area contributed by atoms with Gasteiger partial charge in [-0.15, -0.1) is 0 Å². The van der Waals surface area contributed by atoms with Crippen LogP contribution in [0.2, 0.25) is 0 Å². The van der Waals surface area contributed by atoms with Gasteiger partial charge in [0, 0.05) is 25.1 Å². The maximum atomic E-state index is 12.7. The topological polar surface area (TPSA) is 67.3 Å². The van der Waals surface area contributed by atoms with E-state index in [-0.39, 0.29) is 18.1 Å². The smallest absolute Gasteiger partial charge is 0.242 e. The molecule has 1 aromatic heterocycles. The third-order valence-corrected chi connectivity index (χ3v) is 4.88. The van der Waals surface area contributed by atoms with Crippen LogP contribution in [0, 0.1) is 0 Å². The van der Waals surface area contributed by atoms with Gasteiger partial charge in [-0.1, -0.05) is 12.1 Å². The lowest BCUT2D eigenvalue weighted by atomic mass is 10.1. The van der Waals surface area contributed by atoms with Crippen LogP contribution < -0.4 is 10.2 Å². The van der Waals surface area contributed by atoms with E-state index >= 15 is 0 Å². The highest BCUT2D eigenvalue weighted by Gasteiger charge is 2.33. The summed E-state index contributed by atoms with van der Waals surface area (Å²) < 4.78 is 5.59. The summed E-state index contributed by atoms with van der Waals surface area (Å²) in [5, 5.41) is 4.06. The molecule has 0 radical (unpaired) electrons. The van der Waals surface area contributed by atoms with Gasteiger partial charge in [-0.3, -0.25) is 4.79 Å². The Balaban J connectivity index is 1.52. The normalized spacial score (nSPS) is 23.8. The summed E-state index contributed by atoms with van der Waals surface area (Å²) in [5.41, 5.74) is 0.910. The van der Waals surface area contributed by atoms with Gasteiger partial charge >= 0.3 is 0 Å². The lowest BCUT2D eigenvalue weighted by Crippen LogP contribution is -2.45. The molecule has 2 aliphatic rings. The van der Waals surface area contributed by atoms with E-state index in [9.17, 15) is 4.79 Å². The third kappa shape index (κ3) is 2.94. The van der Waals surface area contributed by atoms with Crippen molar-refractivity contribution in [1.29, 1.82) is 0 Å². The number of para-hydroxylation sites is 1. The first kappa shape index (κ1) is 15.3. The summed E-state index contributed by atoms with van der Waals surface area (Å²) in [6.07, 6.45) is 5.72. The van der Waals surface area contributed by atoms with Gasteiger partial charge in [0.2, 0.25) is 5.91 Å². The largest absolute Gasteiger partial charge is 0.376 e. The minimum Gasteiger partial charge on any atom is -0.376 e. The first-order chi connectivity index (χ1) is 11.8. The Morgan fingerprint density at radius 1 is 1.25 bits per heavy atom. The number of anilines is 1. The van der Waals surface area contributed by atoms with Crippen LogP contribution in [-0.4, -0.2) is 47.7 Å². The molecule has 126 valence electrons. The molecule has 2 unspecified atom stereocenters. The van der Waals surface area contributed by atoms with Gasteiger partial charge < -0.3 is 15.0 Å². The summed E-state index contributed by atoms with van der Waals surface area (Å²) in [6.45, 7) is 2.26. The van der Waals surface area contributed by atoms with Gasteiger partial charge in [0.15, 0.2) is 0 Å². The molecule has 2 atom stereocenters. The second kappa shape index (κ2) is 6.73. The van der Waals surface area contributed by atoms with Crippen molar-refractivity contribution in [3.05, 3.63) is 30.6 Å². The number of nitrogens with one attached hydrogen (secondary N) is 1. The molecule has 0 aliphatic carbocycles. The Labute approximate surface area is 141 Å². The second-order valence-corrected chi connectivity index (χ2v) is 6.45. The van der Waals surface area contributed by atoms with E-state index in [4.69, 9.17) is 4.74 Å². The van der Waals surface area contributed by atoms with Crippen LogP contribution in [0.15, 0.2) is 30.6 Å². The fourth-order valence-corrected chi connectivity index (χ4v) is 3.65. The third-order valence-electron chi connectivity index (χ3n) is 4.88. The average molecular weight is 326 g/mol. The summed E-state index contributed by atoms with van der Waals surface area (Å²) in [5.74, 6) is 0.932. The molecule has 24 heavy (non-hydrogen) atoms. The van der Waals surface area contributed by atoms with Crippen molar-refractivity contribution in [1.82, 2.24) is 15.3 Å². The highest BCUT2D eigenvalue weighted by atomic mass is 16.5. The van der Waals surface area contributed by atoms with Crippen LogP contribution in [-0.2, 0) is 9.53 Å². The minimum absolute atomic E-state index is 0.0747. The first-order valence-electron chi connectivity index (χ1n) is 8.68. The van der Waals surface area contributed by atoms with Gasteiger partial charge in [-0.2, -0.15) is 0 Å². The Morgan fingerprint density at radius 2 is 2.17 bits per heavy atom. The van der Waals surface area contributed by atoms with Crippen molar-refractivity contribution in [2.45, 2.75) is 37.8 Å². The first-order valence-corrected chi connectivity index (χ1v) is 8.68. The number of nitrogens with zero attached hydrogens (tertiary/aromatic N) is 3.